The number of anilines is 1. The number of benzene rings is 1. The molecule has 1 aliphatic heterocycles. The number of rotatable bonds is 4. The molecule has 0 bridgehead atoms. The summed E-state index contributed by atoms with van der Waals surface area (Å²) in [4.78, 5) is 27.8. The van der Waals surface area contributed by atoms with Gasteiger partial charge in [0, 0.05) is 0 Å². The first-order valence-electron chi connectivity index (χ1n) is 7.32. The smallest absolute Gasteiger partial charge is 0.456 e. The first kappa shape index (κ1) is 18.6. The summed E-state index contributed by atoms with van der Waals surface area (Å²) in [5, 5.41) is 11.5. The molecule has 27 heavy (non-hydrogen) atoms. The largest absolute Gasteiger partial charge is 0.508 e. The first-order chi connectivity index (χ1) is 12.5. The number of amides is 1. The molecule has 0 unspecified atom stereocenters. The van der Waals surface area contributed by atoms with Crippen LogP contribution in [0.3, 0.4) is 0 Å². The number of fused-ring (bicyclic) bond motifs is 1. The normalized spacial score (nSPS) is 14.0. The summed E-state index contributed by atoms with van der Waals surface area (Å²) < 4.78 is 68.6. The average molecular weight is 391 g/mol. The highest BCUT2D eigenvalue weighted by molar-refractivity contribution is 5.97. The second-order valence-electron chi connectivity index (χ2n) is 5.59. The van der Waals surface area contributed by atoms with Crippen molar-refractivity contribution in [3.8, 4) is 17.4 Å². The molecule has 0 fully saturated rings. The van der Waals surface area contributed by atoms with Gasteiger partial charge in [-0.3, -0.25) is 9.59 Å². The summed E-state index contributed by atoms with van der Waals surface area (Å²) in [6.45, 7) is -2.12. The van der Waals surface area contributed by atoms with Crippen LogP contribution >= 0.6 is 0 Å². The Hall–Kier alpha value is -3.18. The predicted octanol–water partition coefficient (Wildman–Crippen LogP) is 2.01. The number of nitrogens with zero attached hydrogens (tertiary/aromatic N) is 2. The van der Waals surface area contributed by atoms with Crippen LogP contribution in [0.5, 0.6) is 11.8 Å². The van der Waals surface area contributed by atoms with Crippen molar-refractivity contribution in [2.75, 3.05) is 11.9 Å². The summed E-state index contributed by atoms with van der Waals surface area (Å²) in [6.07, 6.45) is -6.19. The van der Waals surface area contributed by atoms with E-state index in [-0.39, 0.29) is 29.2 Å². The molecule has 0 saturated heterocycles. The summed E-state index contributed by atoms with van der Waals surface area (Å²) in [5.41, 5.74) is -0.991. The first-order valence-corrected chi connectivity index (χ1v) is 7.32. The van der Waals surface area contributed by atoms with Gasteiger partial charge in [-0.2, -0.15) is 26.9 Å². The molecular weight excluding hydrogens is 381 g/mol. The van der Waals surface area contributed by atoms with Crippen LogP contribution in [0.15, 0.2) is 29.1 Å². The lowest BCUT2D eigenvalue weighted by molar-refractivity contribution is -0.290. The number of nitrogens with one attached hydrogen (secondary N) is 1. The van der Waals surface area contributed by atoms with Crippen LogP contribution in [0, 0.1) is 0 Å². The molecule has 144 valence electrons. The van der Waals surface area contributed by atoms with Crippen molar-refractivity contribution in [2.24, 2.45) is 0 Å². The van der Waals surface area contributed by atoms with Gasteiger partial charge >= 0.3 is 18.1 Å². The van der Waals surface area contributed by atoms with Crippen LogP contribution in [0.1, 0.15) is 5.56 Å². The van der Waals surface area contributed by atoms with Gasteiger partial charge in [-0.15, -0.1) is 0 Å². The molecule has 1 aliphatic rings. The topological polar surface area (TPSA) is 93.4 Å². The van der Waals surface area contributed by atoms with Gasteiger partial charge in [-0.05, 0) is 24.3 Å². The number of hydrogen-bond donors (Lipinski definition) is 2. The van der Waals surface area contributed by atoms with E-state index in [2.05, 4.69) is 15.0 Å². The Bertz CT molecular complexity index is 954. The van der Waals surface area contributed by atoms with E-state index in [0.29, 0.717) is 4.57 Å². The van der Waals surface area contributed by atoms with Gasteiger partial charge in [-0.25, -0.2) is 4.57 Å². The Morgan fingerprint density at radius 2 is 1.78 bits per heavy atom. The van der Waals surface area contributed by atoms with Crippen molar-refractivity contribution in [1.82, 2.24) is 9.55 Å². The number of alkyl halides is 5. The fourth-order valence-electron chi connectivity index (χ4n) is 2.30. The lowest BCUT2D eigenvalue weighted by Gasteiger charge is -2.21. The van der Waals surface area contributed by atoms with Crippen molar-refractivity contribution in [3.63, 3.8) is 0 Å². The lowest BCUT2D eigenvalue weighted by Crippen LogP contribution is -2.42. The van der Waals surface area contributed by atoms with Crippen molar-refractivity contribution in [1.29, 1.82) is 0 Å². The number of aromatic nitrogens is 2. The van der Waals surface area contributed by atoms with Gasteiger partial charge < -0.3 is 15.2 Å². The third-order valence-electron chi connectivity index (χ3n) is 3.65. The van der Waals surface area contributed by atoms with E-state index in [4.69, 9.17) is 0 Å². The Morgan fingerprint density at radius 3 is 2.37 bits per heavy atom. The van der Waals surface area contributed by atoms with Gasteiger partial charge in [0.25, 0.3) is 5.56 Å². The zero-order valence-electron chi connectivity index (χ0n) is 13.2. The van der Waals surface area contributed by atoms with Gasteiger partial charge in [-0.1, -0.05) is 0 Å². The van der Waals surface area contributed by atoms with E-state index in [9.17, 15) is 36.6 Å². The highest BCUT2D eigenvalue weighted by atomic mass is 19.4. The van der Waals surface area contributed by atoms with E-state index in [1.165, 1.54) is 12.1 Å². The Balaban J connectivity index is 2.08. The molecular formula is C15H10F5N3O4. The number of ether oxygens (including phenoxy) is 1. The number of halogens is 5. The molecule has 0 saturated carbocycles. The molecule has 0 atom stereocenters. The second-order valence-corrected chi connectivity index (χ2v) is 5.59. The summed E-state index contributed by atoms with van der Waals surface area (Å²) in [5.74, 6) is -6.23. The molecule has 7 nitrogen and oxygen atoms in total. The molecule has 0 radical (unpaired) electrons. The van der Waals surface area contributed by atoms with Crippen LogP contribution in [0.2, 0.25) is 0 Å². The fourth-order valence-corrected chi connectivity index (χ4v) is 2.30. The average Bonchev–Trinajstić information content (AvgIpc) is 2.94. The van der Waals surface area contributed by atoms with Gasteiger partial charge in [0.05, 0.1) is 17.7 Å². The zero-order valence-corrected chi connectivity index (χ0v) is 13.2. The predicted molar refractivity (Wildman–Crippen MR) is 80.3 cm³/mol. The minimum atomic E-state index is -5.86. The number of hydrogen-bond acceptors (Lipinski definition) is 5. The number of phenolic OH excluding ortho intramolecular Hbond substituents is 1. The zero-order chi connectivity index (χ0) is 20.0. The molecule has 0 aliphatic carbocycles. The molecule has 1 aromatic carbocycles. The Labute approximate surface area is 147 Å². The number of aromatic hydroxyl groups is 1. The highest BCUT2D eigenvalue weighted by Crippen LogP contribution is 2.36. The monoisotopic (exact) mass is 391 g/mol. The molecule has 3 rings (SSSR count). The van der Waals surface area contributed by atoms with Crippen molar-refractivity contribution in [2.45, 2.75) is 18.5 Å². The number of carbonyl (C=O) groups excluding carboxylic acids is 1. The van der Waals surface area contributed by atoms with E-state index >= 15 is 0 Å². The summed E-state index contributed by atoms with van der Waals surface area (Å²) in [6, 6.07) is 3.85. The maximum Gasteiger partial charge on any atom is 0.456 e. The second kappa shape index (κ2) is 6.21. The number of phenols is 1. The van der Waals surface area contributed by atoms with Crippen LogP contribution in [0.25, 0.3) is 5.69 Å². The molecule has 12 heteroatoms. The maximum absolute atomic E-state index is 13.2. The fraction of sp³-hybridized carbons (Fsp3) is 0.267. The Kier molecular flexibility index (Phi) is 4.28. The van der Waals surface area contributed by atoms with Gasteiger partial charge in [0.1, 0.15) is 11.6 Å². The van der Waals surface area contributed by atoms with Crippen LogP contribution in [-0.2, 0) is 11.2 Å². The highest BCUT2D eigenvalue weighted by Gasteiger charge is 2.58. The van der Waals surface area contributed by atoms with Crippen molar-refractivity contribution < 1.29 is 36.6 Å². The summed E-state index contributed by atoms with van der Waals surface area (Å²) >= 11 is 0. The standard InChI is InChI=1S/C15H10F5N3O4/c16-14(17,15(18,19)20)6-27-13-22-11-9(5-10(25)21-11)12(26)23(13)7-1-3-8(24)4-2-7/h1-4,24H,5-6H2,(H,21,25). The van der Waals surface area contributed by atoms with E-state index in [0.717, 1.165) is 12.1 Å². The summed E-state index contributed by atoms with van der Waals surface area (Å²) in [7, 11) is 0. The van der Waals surface area contributed by atoms with Gasteiger partial charge in [0.2, 0.25) is 5.91 Å². The van der Waals surface area contributed by atoms with E-state index in [1.807, 2.05) is 0 Å². The molecule has 0 spiro atoms. The third kappa shape index (κ3) is 3.41. The minimum Gasteiger partial charge on any atom is -0.508 e. The van der Waals surface area contributed by atoms with Crippen LogP contribution in [0.4, 0.5) is 27.8 Å². The molecule has 1 aromatic heterocycles. The van der Waals surface area contributed by atoms with Crippen molar-refractivity contribution >= 4 is 11.7 Å². The van der Waals surface area contributed by atoms with E-state index < -0.39 is 36.2 Å². The quantitative estimate of drug-likeness (QED) is 0.778. The van der Waals surface area contributed by atoms with Crippen LogP contribution in [-0.4, -0.2) is 39.3 Å². The molecule has 2 aromatic rings. The Morgan fingerprint density at radius 1 is 1.15 bits per heavy atom. The minimum absolute atomic E-state index is 0.0160. The van der Waals surface area contributed by atoms with Gasteiger partial charge in [0.15, 0.2) is 6.61 Å². The molecule has 2 N–H and O–H groups in total. The van der Waals surface area contributed by atoms with Crippen LogP contribution < -0.4 is 15.6 Å². The maximum atomic E-state index is 13.2. The molecule has 1 amide bonds. The van der Waals surface area contributed by atoms with E-state index in [1.54, 1.807) is 0 Å². The number of carbonyl (C=O) groups is 1. The lowest BCUT2D eigenvalue weighted by atomic mass is 10.2. The molecule has 2 heterocycles. The SMILES string of the molecule is O=C1Cc2c(nc(OCC(F)(F)C(F)(F)F)n(-c3ccc(O)cc3)c2=O)N1. The van der Waals surface area contributed by atoms with Crippen molar-refractivity contribution in [3.05, 3.63) is 40.2 Å². The third-order valence-corrected chi connectivity index (χ3v) is 3.65.